The largest absolute Gasteiger partial charge is 0.308 e. The van der Waals surface area contributed by atoms with Crippen molar-refractivity contribution in [2.75, 3.05) is 0 Å². The van der Waals surface area contributed by atoms with Crippen molar-refractivity contribution in [1.82, 2.24) is 14.9 Å². The Morgan fingerprint density at radius 2 is 1.95 bits per heavy atom. The van der Waals surface area contributed by atoms with Crippen LogP contribution in [0.25, 0.3) is 5.69 Å². The van der Waals surface area contributed by atoms with E-state index in [0.29, 0.717) is 6.04 Å². The molecule has 3 rings (SSSR count). The Kier molecular flexibility index (Phi) is 3.65. The standard InChI is InChI=1S/C16H21N3/c1-13-17-11-16(12-18-14-7-5-6-8-14)19(13)15-9-3-2-4-10-15/h2-4,9-11,14,18H,5-8,12H2,1H3. The molecule has 19 heavy (non-hydrogen) atoms. The number of imidazole rings is 1. The molecular formula is C16H21N3. The molecular weight excluding hydrogens is 234 g/mol. The highest BCUT2D eigenvalue weighted by Crippen LogP contribution is 2.19. The molecule has 3 heteroatoms. The van der Waals surface area contributed by atoms with Crippen LogP contribution >= 0.6 is 0 Å². The predicted octanol–water partition coefficient (Wildman–Crippen LogP) is 3.21. The molecule has 1 heterocycles. The molecule has 1 N–H and O–H groups in total. The van der Waals surface area contributed by atoms with Crippen molar-refractivity contribution in [3.8, 4) is 5.69 Å². The van der Waals surface area contributed by atoms with Gasteiger partial charge in [0.2, 0.25) is 0 Å². The summed E-state index contributed by atoms with van der Waals surface area (Å²) in [6, 6.07) is 11.2. The van der Waals surface area contributed by atoms with Crippen LogP contribution in [-0.2, 0) is 6.54 Å². The first-order valence-corrected chi connectivity index (χ1v) is 7.16. The molecule has 0 aliphatic heterocycles. The monoisotopic (exact) mass is 255 g/mol. The zero-order valence-electron chi connectivity index (χ0n) is 11.5. The topological polar surface area (TPSA) is 29.9 Å². The summed E-state index contributed by atoms with van der Waals surface area (Å²) in [4.78, 5) is 4.46. The minimum Gasteiger partial charge on any atom is -0.308 e. The number of nitrogens with one attached hydrogen (secondary N) is 1. The van der Waals surface area contributed by atoms with E-state index in [2.05, 4.69) is 46.1 Å². The maximum atomic E-state index is 4.46. The molecule has 0 bridgehead atoms. The highest BCUT2D eigenvalue weighted by atomic mass is 15.1. The lowest BCUT2D eigenvalue weighted by Crippen LogP contribution is -2.26. The second kappa shape index (κ2) is 5.57. The average Bonchev–Trinajstić information content (AvgIpc) is 3.07. The Morgan fingerprint density at radius 1 is 1.21 bits per heavy atom. The van der Waals surface area contributed by atoms with Crippen LogP contribution in [0.5, 0.6) is 0 Å². The Hall–Kier alpha value is -1.61. The summed E-state index contributed by atoms with van der Waals surface area (Å²) >= 11 is 0. The summed E-state index contributed by atoms with van der Waals surface area (Å²) in [5.41, 5.74) is 2.44. The number of benzene rings is 1. The summed E-state index contributed by atoms with van der Waals surface area (Å²) in [6.07, 6.45) is 7.37. The molecule has 0 saturated heterocycles. The number of nitrogens with zero attached hydrogens (tertiary/aromatic N) is 2. The fourth-order valence-corrected chi connectivity index (χ4v) is 2.92. The van der Waals surface area contributed by atoms with Crippen molar-refractivity contribution in [3.05, 3.63) is 48.0 Å². The first-order valence-electron chi connectivity index (χ1n) is 7.16. The highest BCUT2D eigenvalue weighted by Gasteiger charge is 2.15. The molecule has 1 aliphatic rings. The van der Waals surface area contributed by atoms with Gasteiger partial charge in [0.25, 0.3) is 0 Å². The molecule has 0 radical (unpaired) electrons. The van der Waals surface area contributed by atoms with Gasteiger partial charge < -0.3 is 5.32 Å². The Labute approximate surface area is 114 Å². The predicted molar refractivity (Wildman–Crippen MR) is 77.4 cm³/mol. The number of hydrogen-bond acceptors (Lipinski definition) is 2. The molecule has 0 unspecified atom stereocenters. The summed E-state index contributed by atoms with van der Waals surface area (Å²) < 4.78 is 2.24. The van der Waals surface area contributed by atoms with Gasteiger partial charge in [-0.15, -0.1) is 0 Å². The zero-order chi connectivity index (χ0) is 13.1. The van der Waals surface area contributed by atoms with Gasteiger partial charge in [-0.05, 0) is 31.9 Å². The van der Waals surface area contributed by atoms with E-state index in [0.717, 1.165) is 12.4 Å². The fraction of sp³-hybridized carbons (Fsp3) is 0.438. The van der Waals surface area contributed by atoms with Crippen LogP contribution < -0.4 is 5.32 Å². The second-order valence-corrected chi connectivity index (χ2v) is 5.33. The Bertz CT molecular complexity index is 524. The first kappa shape index (κ1) is 12.4. The number of para-hydroxylation sites is 1. The van der Waals surface area contributed by atoms with Crippen LogP contribution in [0.3, 0.4) is 0 Å². The van der Waals surface area contributed by atoms with Gasteiger partial charge in [0.05, 0.1) is 11.9 Å². The van der Waals surface area contributed by atoms with E-state index < -0.39 is 0 Å². The van der Waals surface area contributed by atoms with Gasteiger partial charge in [-0.1, -0.05) is 31.0 Å². The van der Waals surface area contributed by atoms with Crippen molar-refractivity contribution >= 4 is 0 Å². The maximum Gasteiger partial charge on any atom is 0.110 e. The van der Waals surface area contributed by atoms with Crippen LogP contribution in [0.15, 0.2) is 36.5 Å². The van der Waals surface area contributed by atoms with E-state index >= 15 is 0 Å². The van der Waals surface area contributed by atoms with Crippen molar-refractivity contribution in [3.63, 3.8) is 0 Å². The quantitative estimate of drug-likeness (QED) is 0.909. The van der Waals surface area contributed by atoms with Crippen LogP contribution in [-0.4, -0.2) is 15.6 Å². The lowest BCUT2D eigenvalue weighted by Gasteiger charge is -2.14. The van der Waals surface area contributed by atoms with Crippen molar-refractivity contribution in [1.29, 1.82) is 0 Å². The molecule has 1 aromatic heterocycles. The van der Waals surface area contributed by atoms with Gasteiger partial charge in [0.1, 0.15) is 5.82 Å². The molecule has 3 nitrogen and oxygen atoms in total. The van der Waals surface area contributed by atoms with E-state index in [1.807, 2.05) is 12.3 Å². The minimum absolute atomic E-state index is 0.694. The SMILES string of the molecule is Cc1ncc(CNC2CCCC2)n1-c1ccccc1. The normalized spacial score (nSPS) is 16.1. The van der Waals surface area contributed by atoms with Crippen molar-refractivity contribution < 1.29 is 0 Å². The molecule has 1 saturated carbocycles. The Balaban J connectivity index is 1.78. The van der Waals surface area contributed by atoms with E-state index in [-0.39, 0.29) is 0 Å². The fourth-order valence-electron chi connectivity index (χ4n) is 2.92. The molecule has 2 aromatic rings. The highest BCUT2D eigenvalue weighted by molar-refractivity contribution is 5.35. The van der Waals surface area contributed by atoms with Gasteiger partial charge in [-0.25, -0.2) is 4.98 Å². The van der Waals surface area contributed by atoms with Gasteiger partial charge in [-0.3, -0.25) is 4.57 Å². The van der Waals surface area contributed by atoms with Crippen molar-refractivity contribution in [2.24, 2.45) is 0 Å². The minimum atomic E-state index is 0.694. The molecule has 0 atom stereocenters. The summed E-state index contributed by atoms with van der Waals surface area (Å²) in [7, 11) is 0. The summed E-state index contributed by atoms with van der Waals surface area (Å²) in [5.74, 6) is 1.05. The smallest absolute Gasteiger partial charge is 0.110 e. The van der Waals surface area contributed by atoms with Gasteiger partial charge >= 0.3 is 0 Å². The van der Waals surface area contributed by atoms with Gasteiger partial charge in [-0.2, -0.15) is 0 Å². The third kappa shape index (κ3) is 2.71. The number of hydrogen-bond donors (Lipinski definition) is 1. The Morgan fingerprint density at radius 3 is 2.68 bits per heavy atom. The first-order chi connectivity index (χ1) is 9.34. The summed E-state index contributed by atoms with van der Waals surface area (Å²) in [5, 5.41) is 3.66. The number of aromatic nitrogens is 2. The van der Waals surface area contributed by atoms with Crippen molar-refractivity contribution in [2.45, 2.75) is 45.2 Å². The molecule has 1 fully saturated rings. The van der Waals surface area contributed by atoms with Crippen LogP contribution in [0.4, 0.5) is 0 Å². The summed E-state index contributed by atoms with van der Waals surface area (Å²) in [6.45, 7) is 2.96. The maximum absolute atomic E-state index is 4.46. The zero-order valence-corrected chi connectivity index (χ0v) is 11.5. The second-order valence-electron chi connectivity index (χ2n) is 5.33. The third-order valence-electron chi connectivity index (χ3n) is 3.95. The lowest BCUT2D eigenvalue weighted by atomic mass is 10.2. The molecule has 1 aromatic carbocycles. The van der Waals surface area contributed by atoms with Crippen LogP contribution in [0, 0.1) is 6.92 Å². The molecule has 100 valence electrons. The van der Waals surface area contributed by atoms with Crippen LogP contribution in [0.2, 0.25) is 0 Å². The van der Waals surface area contributed by atoms with Gasteiger partial charge in [0.15, 0.2) is 0 Å². The number of rotatable bonds is 4. The van der Waals surface area contributed by atoms with E-state index in [4.69, 9.17) is 0 Å². The number of aryl methyl sites for hydroxylation is 1. The van der Waals surface area contributed by atoms with Crippen LogP contribution in [0.1, 0.15) is 37.2 Å². The molecule has 0 spiro atoms. The van der Waals surface area contributed by atoms with E-state index in [9.17, 15) is 0 Å². The van der Waals surface area contributed by atoms with Gasteiger partial charge in [0, 0.05) is 18.3 Å². The molecule has 0 amide bonds. The molecule has 1 aliphatic carbocycles. The van der Waals surface area contributed by atoms with E-state index in [1.165, 1.54) is 37.1 Å². The third-order valence-corrected chi connectivity index (χ3v) is 3.95. The van der Waals surface area contributed by atoms with E-state index in [1.54, 1.807) is 0 Å². The lowest BCUT2D eigenvalue weighted by molar-refractivity contribution is 0.516. The average molecular weight is 255 g/mol.